The maximum Gasteiger partial charge on any atom is 0.322 e. The van der Waals surface area contributed by atoms with E-state index in [0.717, 1.165) is 24.4 Å². The zero-order valence-corrected chi connectivity index (χ0v) is 11.6. The molecule has 8 heteroatoms. The molecule has 0 atom stereocenters. The molecule has 2 heterocycles. The molecule has 0 fully saturated rings. The van der Waals surface area contributed by atoms with Crippen molar-refractivity contribution in [3.63, 3.8) is 0 Å². The van der Waals surface area contributed by atoms with Gasteiger partial charge in [0.2, 0.25) is 11.9 Å². The van der Waals surface area contributed by atoms with Gasteiger partial charge < -0.3 is 14.4 Å². The van der Waals surface area contributed by atoms with E-state index in [0.29, 0.717) is 12.6 Å². The molecular formula is C13H16N6O2. The van der Waals surface area contributed by atoms with Gasteiger partial charge in [0.1, 0.15) is 5.75 Å². The fraction of sp³-hybridized carbons (Fsp3) is 0.308. The average Bonchev–Trinajstić information content (AvgIpc) is 2.76. The number of methoxy groups -OCH3 is 1. The number of hydrazine groups is 1. The number of nitrogens with zero attached hydrogens (tertiary/aromatic N) is 4. The Morgan fingerprint density at radius 2 is 2.14 bits per heavy atom. The summed E-state index contributed by atoms with van der Waals surface area (Å²) in [5, 5.41) is 0. The number of rotatable bonds is 3. The molecule has 1 aliphatic heterocycles. The topological polar surface area (TPSA) is 98.4 Å². The fourth-order valence-corrected chi connectivity index (χ4v) is 2.16. The highest BCUT2D eigenvalue weighted by Gasteiger charge is 2.21. The Kier molecular flexibility index (Phi) is 3.69. The van der Waals surface area contributed by atoms with E-state index in [2.05, 4.69) is 20.4 Å². The lowest BCUT2D eigenvalue weighted by Crippen LogP contribution is -2.22. The van der Waals surface area contributed by atoms with Crippen LogP contribution in [0.1, 0.15) is 6.42 Å². The summed E-state index contributed by atoms with van der Waals surface area (Å²) in [5.74, 6) is 6.91. The van der Waals surface area contributed by atoms with Crippen LogP contribution in [-0.2, 0) is 0 Å². The number of hydrogen-bond acceptors (Lipinski definition) is 8. The largest absolute Gasteiger partial charge is 0.491 e. The van der Waals surface area contributed by atoms with E-state index in [1.165, 1.54) is 7.11 Å². The van der Waals surface area contributed by atoms with Gasteiger partial charge in [0.15, 0.2) is 0 Å². The minimum absolute atomic E-state index is 0.204. The van der Waals surface area contributed by atoms with Crippen molar-refractivity contribution in [2.45, 2.75) is 6.42 Å². The molecule has 110 valence electrons. The van der Waals surface area contributed by atoms with Gasteiger partial charge in [0.25, 0.3) is 0 Å². The highest BCUT2D eigenvalue weighted by atomic mass is 16.5. The summed E-state index contributed by atoms with van der Waals surface area (Å²) in [7, 11) is 1.50. The van der Waals surface area contributed by atoms with Crippen LogP contribution < -0.4 is 25.6 Å². The first-order valence-corrected chi connectivity index (χ1v) is 6.58. The number of fused-ring (bicyclic) bond motifs is 1. The molecule has 0 saturated carbocycles. The van der Waals surface area contributed by atoms with Crippen LogP contribution in [0.2, 0.25) is 0 Å². The van der Waals surface area contributed by atoms with Gasteiger partial charge in [-0.1, -0.05) is 12.1 Å². The van der Waals surface area contributed by atoms with E-state index in [1.807, 2.05) is 29.2 Å². The van der Waals surface area contributed by atoms with Gasteiger partial charge in [0, 0.05) is 6.54 Å². The van der Waals surface area contributed by atoms with E-state index >= 15 is 0 Å². The highest BCUT2D eigenvalue weighted by Crippen LogP contribution is 2.34. The molecule has 0 spiro atoms. The van der Waals surface area contributed by atoms with Crippen LogP contribution in [0.25, 0.3) is 0 Å². The van der Waals surface area contributed by atoms with Crippen molar-refractivity contribution in [3.05, 3.63) is 24.3 Å². The Balaban J connectivity index is 2.07. The molecule has 0 aliphatic carbocycles. The van der Waals surface area contributed by atoms with Crippen LogP contribution in [0.4, 0.5) is 17.6 Å². The van der Waals surface area contributed by atoms with Crippen LogP contribution in [-0.4, -0.2) is 35.2 Å². The van der Waals surface area contributed by atoms with Crippen molar-refractivity contribution in [2.75, 3.05) is 30.6 Å². The minimum atomic E-state index is 0.204. The number of ether oxygens (including phenoxy) is 2. The maximum absolute atomic E-state index is 5.73. The zero-order valence-electron chi connectivity index (χ0n) is 11.6. The summed E-state index contributed by atoms with van der Waals surface area (Å²) >= 11 is 0. The zero-order chi connectivity index (χ0) is 14.7. The van der Waals surface area contributed by atoms with Crippen molar-refractivity contribution in [2.24, 2.45) is 5.84 Å². The van der Waals surface area contributed by atoms with Crippen molar-refractivity contribution in [1.29, 1.82) is 0 Å². The number of nitrogens with one attached hydrogen (secondary N) is 1. The lowest BCUT2D eigenvalue weighted by atomic mass is 10.2. The van der Waals surface area contributed by atoms with Gasteiger partial charge in [-0.15, -0.1) is 0 Å². The normalized spacial score (nSPS) is 13.9. The molecule has 0 saturated heterocycles. The summed E-state index contributed by atoms with van der Waals surface area (Å²) in [6, 6.07) is 7.97. The molecule has 3 rings (SSSR count). The van der Waals surface area contributed by atoms with Crippen molar-refractivity contribution >= 4 is 17.6 Å². The van der Waals surface area contributed by atoms with Gasteiger partial charge in [-0.05, 0) is 18.6 Å². The predicted molar refractivity (Wildman–Crippen MR) is 77.7 cm³/mol. The second-order valence-corrected chi connectivity index (χ2v) is 4.41. The number of benzene rings is 1. The Hall–Kier alpha value is -2.61. The first-order chi connectivity index (χ1) is 10.3. The van der Waals surface area contributed by atoms with E-state index < -0.39 is 0 Å². The van der Waals surface area contributed by atoms with Crippen LogP contribution in [0.5, 0.6) is 11.8 Å². The SMILES string of the molecule is COc1nc(NN)nc(N2CCCOc3ccccc32)n1. The number of nitrogens with two attached hydrogens (primary N) is 1. The molecule has 0 radical (unpaired) electrons. The second-order valence-electron chi connectivity index (χ2n) is 4.41. The fourth-order valence-electron chi connectivity index (χ4n) is 2.16. The standard InChI is InChI=1S/C13H16N6O2/c1-20-13-16-11(18-14)15-12(17-13)19-7-4-8-21-10-6-3-2-5-9(10)19/h2-3,5-6H,4,7-8,14H2,1H3,(H,15,16,17,18). The molecule has 0 bridgehead atoms. The minimum Gasteiger partial charge on any atom is -0.491 e. The predicted octanol–water partition coefficient (Wildman–Crippen LogP) is 1.09. The van der Waals surface area contributed by atoms with Gasteiger partial charge >= 0.3 is 6.01 Å². The maximum atomic E-state index is 5.73. The number of para-hydroxylation sites is 2. The highest BCUT2D eigenvalue weighted by molar-refractivity contribution is 5.66. The van der Waals surface area contributed by atoms with E-state index in [-0.39, 0.29) is 12.0 Å². The quantitative estimate of drug-likeness (QED) is 0.639. The van der Waals surface area contributed by atoms with Gasteiger partial charge in [0.05, 0.1) is 19.4 Å². The van der Waals surface area contributed by atoms with E-state index in [9.17, 15) is 0 Å². The molecular weight excluding hydrogens is 272 g/mol. The molecule has 3 N–H and O–H groups in total. The molecule has 0 unspecified atom stereocenters. The van der Waals surface area contributed by atoms with Crippen LogP contribution >= 0.6 is 0 Å². The Morgan fingerprint density at radius 1 is 1.29 bits per heavy atom. The smallest absolute Gasteiger partial charge is 0.322 e. The molecule has 2 aromatic rings. The number of hydrogen-bond donors (Lipinski definition) is 2. The van der Waals surface area contributed by atoms with Crippen molar-refractivity contribution in [1.82, 2.24) is 15.0 Å². The Bertz CT molecular complexity index is 614. The second kappa shape index (κ2) is 5.80. The summed E-state index contributed by atoms with van der Waals surface area (Å²) in [6.07, 6.45) is 0.855. The summed E-state index contributed by atoms with van der Waals surface area (Å²) < 4.78 is 10.8. The third-order valence-corrected chi connectivity index (χ3v) is 3.10. The van der Waals surface area contributed by atoms with E-state index in [1.54, 1.807) is 0 Å². The van der Waals surface area contributed by atoms with Gasteiger partial charge in [-0.25, -0.2) is 5.84 Å². The number of aromatic nitrogens is 3. The first kappa shape index (κ1) is 13.4. The van der Waals surface area contributed by atoms with Gasteiger partial charge in [-0.3, -0.25) is 5.43 Å². The lowest BCUT2D eigenvalue weighted by molar-refractivity contribution is 0.322. The van der Waals surface area contributed by atoms with Crippen molar-refractivity contribution in [3.8, 4) is 11.8 Å². The summed E-state index contributed by atoms with van der Waals surface area (Å²) in [4.78, 5) is 14.6. The number of nitrogen functional groups attached to an aromatic ring is 1. The third-order valence-electron chi connectivity index (χ3n) is 3.10. The average molecular weight is 288 g/mol. The van der Waals surface area contributed by atoms with Crippen molar-refractivity contribution < 1.29 is 9.47 Å². The lowest BCUT2D eigenvalue weighted by Gasteiger charge is -2.21. The summed E-state index contributed by atoms with van der Waals surface area (Å²) in [6.45, 7) is 1.38. The monoisotopic (exact) mass is 288 g/mol. The third kappa shape index (κ3) is 2.65. The number of anilines is 3. The molecule has 0 amide bonds. The van der Waals surface area contributed by atoms with Gasteiger partial charge in [-0.2, -0.15) is 15.0 Å². The van der Waals surface area contributed by atoms with Crippen LogP contribution in [0.15, 0.2) is 24.3 Å². The summed E-state index contributed by atoms with van der Waals surface area (Å²) in [5.41, 5.74) is 3.33. The molecule has 1 aromatic carbocycles. The molecule has 21 heavy (non-hydrogen) atoms. The Morgan fingerprint density at radius 3 is 2.95 bits per heavy atom. The molecule has 8 nitrogen and oxygen atoms in total. The first-order valence-electron chi connectivity index (χ1n) is 6.58. The van der Waals surface area contributed by atoms with E-state index in [4.69, 9.17) is 15.3 Å². The van der Waals surface area contributed by atoms with Crippen LogP contribution in [0, 0.1) is 0 Å². The Labute approximate surface area is 121 Å². The molecule has 1 aliphatic rings. The van der Waals surface area contributed by atoms with Crippen LogP contribution in [0.3, 0.4) is 0 Å². The molecule has 1 aromatic heterocycles.